The minimum absolute atomic E-state index is 0.124. The highest BCUT2D eigenvalue weighted by Crippen LogP contribution is 2.63. The zero-order valence-electron chi connectivity index (χ0n) is 73.2. The number of hydrogen-bond donors (Lipinski definition) is 4. The summed E-state index contributed by atoms with van der Waals surface area (Å²) in [7, 11) is 1.60. The van der Waals surface area contributed by atoms with Crippen LogP contribution < -0.4 is 21.3 Å². The predicted molar refractivity (Wildman–Crippen MR) is 488 cm³/mol. The van der Waals surface area contributed by atoms with Gasteiger partial charge >= 0.3 is 18.1 Å². The Balaban J connectivity index is 0.000000110. The van der Waals surface area contributed by atoms with Crippen LogP contribution in [0.2, 0.25) is 0 Å². The fraction of sp³-hybridized carbons (Fsp3) is 0.320. The molecule has 11 aromatic rings. The van der Waals surface area contributed by atoms with Crippen molar-refractivity contribution in [3.63, 3.8) is 0 Å². The van der Waals surface area contributed by atoms with Gasteiger partial charge in [0.1, 0.15) is 39.9 Å². The van der Waals surface area contributed by atoms with Crippen LogP contribution in [0.4, 0.5) is 31.9 Å². The second-order valence-electron chi connectivity index (χ2n) is 37.2. The van der Waals surface area contributed by atoms with Crippen LogP contribution in [0.3, 0.4) is 0 Å². The smallest absolute Gasteiger partial charge is 0.322 e. The zero-order chi connectivity index (χ0) is 91.3. The lowest BCUT2D eigenvalue weighted by Gasteiger charge is -2.54. The van der Waals surface area contributed by atoms with Crippen LogP contribution in [-0.4, -0.2) is 125 Å². The number of alkyl halides is 1. The highest BCUT2D eigenvalue weighted by atomic mass is 79.9. The Bertz CT molecular complexity index is 6410. The number of carbonyl (C=O) groups excluding carboxylic acids is 8. The summed E-state index contributed by atoms with van der Waals surface area (Å²) < 4.78 is 60.8. The van der Waals surface area contributed by atoms with Crippen LogP contribution in [0, 0.1) is 50.3 Å². The molecule has 131 heavy (non-hydrogen) atoms. The molecule has 4 spiro atoms. The molecule has 0 bridgehead atoms. The molecule has 8 aliphatic carbocycles. The number of allylic oxidation sites excluding steroid dienone is 1. The number of nitrogens with one attached hydrogen (secondary N) is 4. The van der Waals surface area contributed by atoms with Crippen LogP contribution in [0.5, 0.6) is 0 Å². The van der Waals surface area contributed by atoms with Crippen molar-refractivity contribution in [2.75, 3.05) is 7.05 Å². The molecular formula is C103H98BrF4N15O8. The number of rotatable bonds is 9. The first-order valence-electron chi connectivity index (χ1n) is 44.6. The van der Waals surface area contributed by atoms with Crippen molar-refractivity contribution in [2.24, 2.45) is 27.1 Å². The van der Waals surface area contributed by atoms with E-state index in [9.17, 15) is 55.9 Å². The third-order valence-corrected chi connectivity index (χ3v) is 31.0. The Hall–Kier alpha value is -13.5. The first-order valence-corrected chi connectivity index (χ1v) is 45.7. The number of carbonyl (C=O) groups is 8. The number of urea groups is 3. The first-order chi connectivity index (χ1) is 63.1. The number of likely N-dealkylation sites (N-methyl/N-ethyl adjacent to an activating group) is 1. The van der Waals surface area contributed by atoms with Crippen molar-refractivity contribution < 1.29 is 55.9 Å². The number of amides is 11. The number of hydrogen-bond acceptors (Lipinski definition) is 12. The molecule has 0 unspecified atom stereocenters. The molecule has 4 aromatic heterocycles. The van der Waals surface area contributed by atoms with Gasteiger partial charge in [0.05, 0.1) is 75.7 Å². The van der Waals surface area contributed by atoms with E-state index < -0.39 is 44.3 Å². The Kier molecular flexibility index (Phi) is 22.2. The lowest BCUT2D eigenvalue weighted by Crippen LogP contribution is -2.63. The largest absolute Gasteiger partial charge is 0.327 e. The molecule has 11 amide bonds. The molecule has 668 valence electrons. The lowest BCUT2D eigenvalue weighted by molar-refractivity contribution is -0.140. The lowest BCUT2D eigenvalue weighted by atomic mass is 9.50. The molecule has 8 fully saturated rings. The number of imide groups is 4. The van der Waals surface area contributed by atoms with Crippen molar-refractivity contribution >= 4 is 87.9 Å². The van der Waals surface area contributed by atoms with Crippen LogP contribution in [0.15, 0.2) is 235 Å². The van der Waals surface area contributed by atoms with Crippen molar-refractivity contribution in [3.05, 3.63) is 320 Å². The number of halogens is 5. The van der Waals surface area contributed by atoms with Gasteiger partial charge in [-0.15, -0.1) is 0 Å². The summed E-state index contributed by atoms with van der Waals surface area (Å²) in [6.07, 6.45) is 28.0. The third kappa shape index (κ3) is 14.3. The second kappa shape index (κ2) is 33.5. The summed E-state index contributed by atoms with van der Waals surface area (Å²) in [5.74, 6) is -2.03. The third-order valence-electron chi connectivity index (χ3n) is 30.3. The van der Waals surface area contributed by atoms with Crippen molar-refractivity contribution in [1.29, 1.82) is 0 Å². The number of aromatic nitrogens is 8. The van der Waals surface area contributed by atoms with Gasteiger partial charge in [-0.3, -0.25) is 44.8 Å². The summed E-state index contributed by atoms with van der Waals surface area (Å²) in [6.45, 7) is 9.20. The quantitative estimate of drug-likeness (QED) is 0.0455. The van der Waals surface area contributed by atoms with E-state index in [0.717, 1.165) is 159 Å². The molecular weight excluding hydrogens is 1730 g/mol. The standard InChI is InChI=1S/C28H27FN4O2.C27H25FN4O2.C21H20FN3O2.C20H19FN4O2.C7H7Br/c1-27-16-20-17-30-33(23-12-10-22(29)11-13-23)24(20)15-21(27)9-6-14-28(27)25(34)31(2)26(35)32(28)18-19-7-4-3-5-8-19;1-26-15-19-16-29-32(22-11-9-21(28)10-12-22)23(19)14-20(26)8-5-13-27(26)24(33)30-25(34)31(27)17-18-6-3-2-4-7-18;1-20-10-13-12-23-25(16-6-4-15(22)5-7-16)17(13)9-14(20)3-2-8-21(20)11-18(26)24-19(21)27;1-19-10-12-11-22-25(15-6-4-14(21)5-7-15)16(12)9-13(19)3-2-8-20(19)17(26)23-18(27)24-20;8-6-7-4-2-1-3-5-7/h3-5,7-8,10-13,15,17H,6,9,14,16,18H2,1-2H3;2-4,6-7,9-12,14,16H,5,8,13,15,17H2,1H3,(H,30,33,34);4-7,9,12H,2-3,8,10-11H2,1H3,(H,24,26,27);4-7,9,11H,2-3,8,10H2,1H3,(H2,23,24,26,27);1-5H,6H2/t27-,28-;26-,27-;20-,21-;19-,20-;/m0000./s1. The van der Waals surface area contributed by atoms with Gasteiger partial charge in [0.2, 0.25) is 11.8 Å². The van der Waals surface area contributed by atoms with E-state index in [4.69, 9.17) is 0 Å². The van der Waals surface area contributed by atoms with Gasteiger partial charge in [0, 0.05) is 53.5 Å². The molecule has 8 heterocycles. The zero-order valence-corrected chi connectivity index (χ0v) is 74.8. The van der Waals surface area contributed by atoms with Crippen molar-refractivity contribution in [1.82, 2.24) is 75.1 Å². The normalized spacial score (nSPS) is 26.1. The average molecular weight is 1830 g/mol. The van der Waals surface area contributed by atoms with Gasteiger partial charge in [-0.1, -0.05) is 157 Å². The molecule has 4 aliphatic heterocycles. The molecule has 4 saturated heterocycles. The van der Waals surface area contributed by atoms with Gasteiger partial charge in [-0.25, -0.2) is 50.7 Å². The summed E-state index contributed by atoms with van der Waals surface area (Å²) in [4.78, 5) is 108. The minimum atomic E-state index is -0.959. The summed E-state index contributed by atoms with van der Waals surface area (Å²) in [5, 5.41) is 29.7. The maximum Gasteiger partial charge on any atom is 0.327 e. The first kappa shape index (κ1) is 86.9. The SMILES string of the molecule is BrCc1ccccc1.CN1C(=O)N(Cc2ccccc2)[C@@]2(CCCC3=Cc4c(cnn4-c4ccc(F)cc4)C[C@@]32C)C1=O.C[C@]12Cc3cnn(-c4ccc(F)cc4)c3C=C1CCC[C@@]21CC(=O)NC1=O.C[C@]12Cc3cnn(-c4ccc(F)cc4)c3C=C1CCC[C@@]21NC(=O)NC1=O.C[C@]12Cc3cnn(-c4ccc(F)cc4)c3C=C1CCC[C@]21C(=O)NC(=O)N1Cc1ccccc1. The predicted octanol–water partition coefficient (Wildman–Crippen LogP) is 18.1. The molecule has 0 radical (unpaired) electrons. The van der Waals surface area contributed by atoms with Crippen LogP contribution in [0.1, 0.15) is 173 Å². The highest BCUT2D eigenvalue weighted by molar-refractivity contribution is 9.08. The highest BCUT2D eigenvalue weighted by Gasteiger charge is 2.70. The Morgan fingerprint density at radius 3 is 1.12 bits per heavy atom. The van der Waals surface area contributed by atoms with E-state index in [0.29, 0.717) is 58.0 Å². The monoisotopic (exact) mass is 1830 g/mol. The summed E-state index contributed by atoms with van der Waals surface area (Å²) in [5.41, 5.74) is 13.6. The Labute approximate surface area is 763 Å². The van der Waals surface area contributed by atoms with E-state index >= 15 is 0 Å². The van der Waals surface area contributed by atoms with E-state index in [1.165, 1.54) is 64.6 Å². The molecule has 8 atom stereocenters. The van der Waals surface area contributed by atoms with Gasteiger partial charge in [-0.2, -0.15) is 20.4 Å². The molecule has 28 heteroatoms. The number of benzene rings is 7. The van der Waals surface area contributed by atoms with Gasteiger partial charge < -0.3 is 15.1 Å². The maximum absolute atomic E-state index is 13.9. The molecule has 23 rings (SSSR count). The Morgan fingerprint density at radius 2 is 0.733 bits per heavy atom. The topological polar surface area (TPSA) is 266 Å². The number of fused-ring (bicyclic) bond motifs is 12. The van der Waals surface area contributed by atoms with Gasteiger partial charge in [-0.05, 0) is 263 Å². The van der Waals surface area contributed by atoms with E-state index in [-0.39, 0.29) is 76.7 Å². The van der Waals surface area contributed by atoms with Gasteiger partial charge in [0.15, 0.2) is 0 Å². The molecule has 4 saturated carbocycles. The molecule has 12 aliphatic rings. The van der Waals surface area contributed by atoms with Crippen LogP contribution >= 0.6 is 15.9 Å². The summed E-state index contributed by atoms with van der Waals surface area (Å²) >= 11 is 3.36. The molecule has 23 nitrogen and oxygen atoms in total. The maximum atomic E-state index is 13.9. The molecule has 7 aromatic carbocycles. The fourth-order valence-electron chi connectivity index (χ4n) is 23.4. The van der Waals surface area contributed by atoms with E-state index in [1.54, 1.807) is 71.4 Å². The fourth-order valence-corrected chi connectivity index (χ4v) is 23.8. The summed E-state index contributed by atoms with van der Waals surface area (Å²) in [6, 6.07) is 54.0. The van der Waals surface area contributed by atoms with Crippen molar-refractivity contribution in [3.8, 4) is 22.7 Å². The minimum Gasteiger partial charge on any atom is -0.322 e. The van der Waals surface area contributed by atoms with Crippen molar-refractivity contribution in [2.45, 2.75) is 172 Å². The van der Waals surface area contributed by atoms with Gasteiger partial charge in [0.25, 0.3) is 17.7 Å². The molecule has 4 N–H and O–H groups in total. The average Bonchev–Trinajstić information content (AvgIpc) is 1.51. The van der Waals surface area contributed by atoms with E-state index in [2.05, 4.69) is 122 Å². The number of nitrogens with zero attached hydrogens (tertiary/aromatic N) is 11. The van der Waals surface area contributed by atoms with E-state index in [1.807, 2.05) is 116 Å². The van der Waals surface area contributed by atoms with Crippen LogP contribution in [0.25, 0.3) is 47.1 Å². The second-order valence-corrected chi connectivity index (χ2v) is 37.8. The Morgan fingerprint density at radius 1 is 0.374 bits per heavy atom. The van der Waals surface area contributed by atoms with Crippen LogP contribution in [-0.2, 0) is 68.1 Å².